The maximum atomic E-state index is 13.9. The fourth-order valence-corrected chi connectivity index (χ4v) is 8.51. The van der Waals surface area contributed by atoms with Crippen LogP contribution in [0.4, 0.5) is 16.2 Å². The van der Waals surface area contributed by atoms with E-state index in [-0.39, 0.29) is 119 Å². The molecule has 80 heavy (non-hydrogen) atoms. The van der Waals surface area contributed by atoms with Gasteiger partial charge in [-0.15, -0.1) is 0 Å². The maximum Gasteiger partial charge on any atom is 0.312 e. The summed E-state index contributed by atoms with van der Waals surface area (Å²) in [6.07, 6.45) is 1.39. The summed E-state index contributed by atoms with van der Waals surface area (Å²) in [5.74, 6) is 1.71. The van der Waals surface area contributed by atoms with Gasteiger partial charge in [-0.2, -0.15) is 0 Å². The molecule has 0 spiro atoms. The molecule has 0 radical (unpaired) electrons. The second-order valence-electron chi connectivity index (χ2n) is 20.4. The molecule has 0 bridgehead atoms. The quantitative estimate of drug-likeness (QED) is 0.0256. The Morgan fingerprint density at radius 2 is 1.24 bits per heavy atom. The molecule has 5 N–H and O–H groups in total. The van der Waals surface area contributed by atoms with Crippen LogP contribution in [0.5, 0.6) is 0 Å². The van der Waals surface area contributed by atoms with E-state index in [1.54, 1.807) is 56.9 Å². The van der Waals surface area contributed by atoms with E-state index in [2.05, 4.69) is 27.8 Å². The molecular formula is C61H81N5O14. The minimum atomic E-state index is -1.01. The standard InChI is InChI=1S/C61H81N5O14/c1-42(2)57(55(70)39-48(15-10-29-63-61(62)75)58(72)64-51-24-19-45(20-25-51)41-80-60(74)43(3)4)65-59(73)49(21-18-44(5)67)38-53(69)28-31-77-33-35-79-37-36-78-34-32-76-30-11-16-52(68)26-27-56(71)66-40-50-14-7-6-12-46(50)22-23-47-13-8-9-17-54(47)66/h6-9,12-14,17,19-20,24-25,42-43,48-49,57H,10-11,15-16,18,21,26-41H2,1-5H3,(H,64,72)(H,65,73)(H3,62,63,75)/t48-,49+,57+/m1/s1. The molecule has 4 rings (SSSR count). The van der Waals surface area contributed by atoms with E-state index in [0.717, 1.165) is 22.4 Å². The second kappa shape index (κ2) is 36.2. The number of nitrogens with zero attached hydrogens (tertiary/aromatic N) is 1. The molecule has 0 aromatic heterocycles. The van der Waals surface area contributed by atoms with Gasteiger partial charge < -0.3 is 55.1 Å². The third-order valence-electron chi connectivity index (χ3n) is 13.1. The number of para-hydroxylation sites is 1. The van der Waals surface area contributed by atoms with Crippen LogP contribution in [0.15, 0.2) is 72.8 Å². The van der Waals surface area contributed by atoms with Crippen molar-refractivity contribution in [2.75, 3.05) is 69.6 Å². The first-order valence-electron chi connectivity index (χ1n) is 27.7. The predicted octanol–water partition coefficient (Wildman–Crippen LogP) is 6.97. The lowest BCUT2D eigenvalue weighted by Gasteiger charge is -2.26. The summed E-state index contributed by atoms with van der Waals surface area (Å²) in [5, 5.41) is 8.14. The lowest BCUT2D eigenvalue weighted by molar-refractivity contribution is -0.148. The number of primary amides is 1. The van der Waals surface area contributed by atoms with Crippen molar-refractivity contribution in [2.24, 2.45) is 29.4 Å². The van der Waals surface area contributed by atoms with Gasteiger partial charge in [0.1, 0.15) is 24.0 Å². The number of carbonyl (C=O) groups is 9. The van der Waals surface area contributed by atoms with E-state index < -0.39 is 47.4 Å². The van der Waals surface area contributed by atoms with Gasteiger partial charge in [0.2, 0.25) is 17.7 Å². The number of fused-ring (bicyclic) bond motifs is 2. The minimum absolute atomic E-state index is 0.00212. The van der Waals surface area contributed by atoms with E-state index in [1.807, 2.05) is 48.5 Å². The highest BCUT2D eigenvalue weighted by Gasteiger charge is 2.32. The maximum absolute atomic E-state index is 13.9. The molecule has 1 heterocycles. The van der Waals surface area contributed by atoms with Gasteiger partial charge in [0, 0.05) is 86.7 Å². The van der Waals surface area contributed by atoms with Crippen molar-refractivity contribution >= 4 is 64.2 Å². The molecule has 1 aliphatic heterocycles. The van der Waals surface area contributed by atoms with Gasteiger partial charge in [-0.05, 0) is 80.0 Å². The van der Waals surface area contributed by atoms with Crippen LogP contribution in [0, 0.1) is 35.5 Å². The molecule has 5 amide bonds. The van der Waals surface area contributed by atoms with Crippen molar-refractivity contribution in [3.8, 4) is 11.8 Å². The number of nitrogens with one attached hydrogen (secondary N) is 3. The van der Waals surface area contributed by atoms with E-state index >= 15 is 0 Å². The smallest absolute Gasteiger partial charge is 0.312 e. The number of rotatable bonds is 39. The number of urea groups is 1. The molecule has 1 aliphatic rings. The summed E-state index contributed by atoms with van der Waals surface area (Å²) in [7, 11) is 0. The summed E-state index contributed by atoms with van der Waals surface area (Å²) in [4.78, 5) is 117. The number of nitrogens with two attached hydrogens (primary N) is 1. The van der Waals surface area contributed by atoms with E-state index in [1.165, 1.54) is 6.92 Å². The second-order valence-corrected chi connectivity index (χ2v) is 20.4. The number of Topliss-reactive ketones (excluding diaryl/α,β-unsaturated/α-hetero) is 4. The highest BCUT2D eigenvalue weighted by Crippen LogP contribution is 2.27. The highest BCUT2D eigenvalue weighted by atomic mass is 16.6. The Labute approximate surface area is 470 Å². The van der Waals surface area contributed by atoms with Crippen LogP contribution >= 0.6 is 0 Å². The Kier molecular flexibility index (Phi) is 29.6. The summed E-state index contributed by atoms with van der Waals surface area (Å²) in [6, 6.07) is 20.3. The fraction of sp³-hybridized carbons (Fsp3) is 0.525. The number of carbonyl (C=O) groups excluding carboxylic acids is 9. The number of hydrogen-bond acceptors (Lipinski definition) is 14. The molecule has 0 aliphatic carbocycles. The van der Waals surface area contributed by atoms with Crippen LogP contribution in [0.25, 0.3) is 0 Å². The van der Waals surface area contributed by atoms with E-state index in [9.17, 15) is 43.2 Å². The summed E-state index contributed by atoms with van der Waals surface area (Å²) >= 11 is 0. The summed E-state index contributed by atoms with van der Waals surface area (Å²) in [6.45, 7) is 11.3. The predicted molar refractivity (Wildman–Crippen MR) is 301 cm³/mol. The first-order valence-corrected chi connectivity index (χ1v) is 27.7. The number of ether oxygens (including phenoxy) is 5. The number of ketones is 4. The van der Waals surface area contributed by atoms with E-state index in [0.29, 0.717) is 70.1 Å². The molecular weight excluding hydrogens is 1030 g/mol. The average Bonchev–Trinajstić information content (AvgIpc) is 3.42. The van der Waals surface area contributed by atoms with Crippen molar-refractivity contribution in [3.05, 3.63) is 95.1 Å². The van der Waals surface area contributed by atoms with Crippen LogP contribution in [0.3, 0.4) is 0 Å². The molecule has 0 unspecified atom stereocenters. The molecule has 0 fully saturated rings. The molecule has 3 aromatic carbocycles. The molecule has 434 valence electrons. The zero-order chi connectivity index (χ0) is 58.2. The number of esters is 1. The van der Waals surface area contributed by atoms with Crippen LogP contribution in [-0.2, 0) is 75.2 Å². The summed E-state index contributed by atoms with van der Waals surface area (Å²) in [5.41, 5.74) is 9.73. The van der Waals surface area contributed by atoms with Crippen molar-refractivity contribution in [3.63, 3.8) is 0 Å². The van der Waals surface area contributed by atoms with E-state index in [4.69, 9.17) is 29.4 Å². The Bertz CT molecular complexity index is 2590. The van der Waals surface area contributed by atoms with Gasteiger partial charge in [0.25, 0.3) is 0 Å². The summed E-state index contributed by atoms with van der Waals surface area (Å²) < 4.78 is 27.6. The highest BCUT2D eigenvalue weighted by molar-refractivity contribution is 5.99. The van der Waals surface area contributed by atoms with Crippen molar-refractivity contribution in [1.82, 2.24) is 10.6 Å². The Balaban J connectivity index is 1.09. The lowest BCUT2D eigenvalue weighted by Crippen LogP contribution is -2.48. The molecule has 3 atom stereocenters. The Morgan fingerprint density at radius 3 is 1.89 bits per heavy atom. The van der Waals surface area contributed by atoms with Gasteiger partial charge in [-0.1, -0.05) is 82.0 Å². The number of anilines is 2. The third kappa shape index (κ3) is 24.9. The molecule has 0 saturated carbocycles. The fourth-order valence-electron chi connectivity index (χ4n) is 8.51. The largest absolute Gasteiger partial charge is 0.461 e. The third-order valence-corrected chi connectivity index (χ3v) is 13.1. The van der Waals surface area contributed by atoms with Crippen molar-refractivity contribution in [2.45, 2.75) is 124 Å². The number of amides is 5. The van der Waals surface area contributed by atoms with Gasteiger partial charge in [-0.25, -0.2) is 4.79 Å². The topological polar surface area (TPSA) is 265 Å². The normalized spacial score (nSPS) is 12.8. The molecule has 3 aromatic rings. The first-order chi connectivity index (χ1) is 38.4. The van der Waals surface area contributed by atoms with Gasteiger partial charge in [0.15, 0.2) is 5.78 Å². The number of hydrogen-bond donors (Lipinski definition) is 4. The van der Waals surface area contributed by atoms with Gasteiger partial charge >= 0.3 is 12.0 Å². The molecule has 0 saturated heterocycles. The van der Waals surface area contributed by atoms with Gasteiger partial charge in [-0.3, -0.25) is 33.6 Å². The lowest BCUT2D eigenvalue weighted by atomic mass is 9.88. The van der Waals surface area contributed by atoms with Crippen LogP contribution in [-0.4, -0.2) is 118 Å². The SMILES string of the molecule is CC(=O)CC[C@@H](CC(=O)CCOCCOCCOCCOCCCC(=O)CCC(=O)N1Cc2ccccc2C#Cc2ccccc21)C(=O)N[C@H](C(=O)C[C@@H](CCCNC(N)=O)C(=O)Nc1ccc(COC(=O)C(C)C)cc1)C(C)C. The number of benzene rings is 3. The zero-order valence-corrected chi connectivity index (χ0v) is 47.1. The van der Waals surface area contributed by atoms with Crippen molar-refractivity contribution < 1.29 is 66.8 Å². The van der Waals surface area contributed by atoms with Crippen LogP contribution in [0.2, 0.25) is 0 Å². The van der Waals surface area contributed by atoms with Gasteiger partial charge in [0.05, 0.1) is 70.4 Å². The minimum Gasteiger partial charge on any atom is -0.461 e. The van der Waals surface area contributed by atoms with Crippen molar-refractivity contribution in [1.29, 1.82) is 0 Å². The molecule has 19 heteroatoms. The van der Waals surface area contributed by atoms with Crippen LogP contribution in [0.1, 0.15) is 128 Å². The van der Waals surface area contributed by atoms with Crippen LogP contribution < -0.4 is 26.6 Å². The zero-order valence-electron chi connectivity index (χ0n) is 47.1. The Morgan fingerprint density at radius 1 is 0.625 bits per heavy atom. The Hall–Kier alpha value is -7.11. The molecule has 19 nitrogen and oxygen atoms in total. The first kappa shape index (κ1) is 65.4. The monoisotopic (exact) mass is 1110 g/mol. The average molecular weight is 1110 g/mol.